The van der Waals surface area contributed by atoms with E-state index in [-0.39, 0.29) is 0 Å². The zero-order chi connectivity index (χ0) is 34.7. The maximum atomic E-state index is 7.28. The van der Waals surface area contributed by atoms with Gasteiger partial charge >= 0.3 is 0 Å². The van der Waals surface area contributed by atoms with Crippen molar-refractivity contribution in [3.8, 4) is 22.3 Å². The van der Waals surface area contributed by atoms with Crippen LogP contribution in [0.5, 0.6) is 0 Å². The topological polar surface area (TPSA) is 29.3 Å². The summed E-state index contributed by atoms with van der Waals surface area (Å²) in [6, 6.07) is 74.9. The Hall–Kier alpha value is -6.48. The van der Waals surface area contributed by atoms with Gasteiger partial charge in [-0.3, -0.25) is 5.01 Å². The van der Waals surface area contributed by atoms with E-state index in [9.17, 15) is 0 Å². The molecule has 0 saturated heterocycles. The fourth-order valence-electron chi connectivity index (χ4n) is 9.31. The number of nitrogens with zero attached hydrogens (tertiary/aromatic N) is 1. The molecule has 246 valence electrons. The second kappa shape index (κ2) is 11.8. The molecule has 0 atom stereocenters. The highest BCUT2D eigenvalue weighted by Crippen LogP contribution is 2.58. The Labute approximate surface area is 305 Å². The first kappa shape index (κ1) is 30.4. The quantitative estimate of drug-likeness (QED) is 0.142. The van der Waals surface area contributed by atoms with E-state index < -0.39 is 10.8 Å². The van der Waals surface area contributed by atoms with E-state index in [4.69, 9.17) is 5.84 Å². The van der Waals surface area contributed by atoms with Gasteiger partial charge in [0.15, 0.2) is 0 Å². The lowest BCUT2D eigenvalue weighted by molar-refractivity contribution is 0.766. The molecule has 10 rings (SSSR count). The summed E-state index contributed by atoms with van der Waals surface area (Å²) in [5, 5.41) is 1.87. The second-order valence-corrected chi connectivity index (χ2v) is 13.9. The van der Waals surface area contributed by atoms with Crippen molar-refractivity contribution < 1.29 is 0 Å². The summed E-state index contributed by atoms with van der Waals surface area (Å²) in [5.41, 5.74) is 15.8. The van der Waals surface area contributed by atoms with E-state index in [1.165, 1.54) is 66.8 Å². The SMILES string of the molecule is NN(c1ccc2c(c1)C(c1ccccc1)(c1ccccc1)c1ccccc1-2)c1ccc2c(c1)C(c1ccccc1)(c1ccccc1)c1ccccc1-2. The van der Waals surface area contributed by atoms with Crippen LogP contribution in [0.4, 0.5) is 11.4 Å². The van der Waals surface area contributed by atoms with E-state index in [2.05, 4.69) is 206 Å². The minimum absolute atomic E-state index is 0.499. The predicted octanol–water partition coefficient (Wildman–Crippen LogP) is 11.4. The van der Waals surface area contributed by atoms with E-state index >= 15 is 0 Å². The molecule has 0 radical (unpaired) electrons. The Bertz CT molecular complexity index is 2320. The van der Waals surface area contributed by atoms with Crippen LogP contribution < -0.4 is 10.9 Å². The number of anilines is 2. The fraction of sp³-hybridized carbons (Fsp3) is 0.0400. The second-order valence-electron chi connectivity index (χ2n) is 13.9. The van der Waals surface area contributed by atoms with Crippen LogP contribution in [0.25, 0.3) is 22.3 Å². The minimum atomic E-state index is -0.499. The summed E-state index contributed by atoms with van der Waals surface area (Å²) in [6.07, 6.45) is 0. The van der Waals surface area contributed by atoms with Crippen molar-refractivity contribution >= 4 is 11.4 Å². The van der Waals surface area contributed by atoms with Gasteiger partial charge < -0.3 is 0 Å². The van der Waals surface area contributed by atoms with Gasteiger partial charge in [-0.15, -0.1) is 0 Å². The number of nitrogens with two attached hydrogens (primary N) is 1. The van der Waals surface area contributed by atoms with Gasteiger partial charge in [-0.25, -0.2) is 5.84 Å². The highest BCUT2D eigenvalue weighted by Gasteiger charge is 2.47. The molecule has 0 saturated carbocycles. The highest BCUT2D eigenvalue weighted by molar-refractivity contribution is 5.90. The number of hydrogen-bond donors (Lipinski definition) is 1. The van der Waals surface area contributed by atoms with Gasteiger partial charge in [0.05, 0.1) is 22.2 Å². The Balaban J connectivity index is 1.18. The summed E-state index contributed by atoms with van der Waals surface area (Å²) in [5.74, 6) is 7.28. The maximum Gasteiger partial charge on any atom is 0.0714 e. The van der Waals surface area contributed by atoms with Gasteiger partial charge in [-0.2, -0.15) is 0 Å². The summed E-state index contributed by atoms with van der Waals surface area (Å²) < 4.78 is 0. The van der Waals surface area contributed by atoms with E-state index in [0.717, 1.165) is 11.4 Å². The Kier molecular flexibility index (Phi) is 6.89. The molecule has 0 heterocycles. The maximum absolute atomic E-state index is 7.28. The smallest absolute Gasteiger partial charge is 0.0714 e. The number of fused-ring (bicyclic) bond motifs is 6. The monoisotopic (exact) mass is 664 g/mol. The standard InChI is InChI=1S/C50H36N2/c51-52(39-29-31-43-41-25-13-15-27-45(41)49(47(43)33-39,35-17-5-1-6-18-35)36-19-7-2-8-20-36)40-30-32-44-42-26-14-16-28-46(42)50(48(44)34-40,37-21-9-3-10-22-37)38-23-11-4-12-24-38/h1-34H,51H2. The summed E-state index contributed by atoms with van der Waals surface area (Å²) >= 11 is 0. The Morgan fingerprint density at radius 3 is 0.923 bits per heavy atom. The molecule has 8 aromatic rings. The van der Waals surface area contributed by atoms with Crippen molar-refractivity contribution in [3.05, 3.63) is 251 Å². The predicted molar refractivity (Wildman–Crippen MR) is 214 cm³/mol. The molecule has 2 nitrogen and oxygen atoms in total. The number of benzene rings is 8. The van der Waals surface area contributed by atoms with Crippen LogP contribution in [0.3, 0.4) is 0 Å². The molecule has 52 heavy (non-hydrogen) atoms. The molecule has 8 aromatic carbocycles. The number of rotatable bonds is 6. The Morgan fingerprint density at radius 1 is 0.288 bits per heavy atom. The molecule has 0 fully saturated rings. The van der Waals surface area contributed by atoms with E-state index in [1.54, 1.807) is 0 Å². The first-order valence-corrected chi connectivity index (χ1v) is 18.0. The first-order chi connectivity index (χ1) is 25.7. The lowest BCUT2D eigenvalue weighted by Crippen LogP contribution is -2.30. The van der Waals surface area contributed by atoms with Crippen LogP contribution in [0, 0.1) is 0 Å². The average Bonchev–Trinajstić information content (AvgIpc) is 3.70. The van der Waals surface area contributed by atoms with Crippen molar-refractivity contribution in [3.63, 3.8) is 0 Å². The summed E-state index contributed by atoms with van der Waals surface area (Å²) in [7, 11) is 0. The Morgan fingerprint density at radius 2 is 0.577 bits per heavy atom. The van der Waals surface area contributed by atoms with E-state index in [0.29, 0.717) is 0 Å². The molecule has 2 aliphatic carbocycles. The van der Waals surface area contributed by atoms with Crippen molar-refractivity contribution in [2.45, 2.75) is 10.8 Å². The molecular formula is C50H36N2. The van der Waals surface area contributed by atoms with Gasteiger partial charge in [0, 0.05) is 0 Å². The third-order valence-corrected chi connectivity index (χ3v) is 11.4. The summed E-state index contributed by atoms with van der Waals surface area (Å²) in [6.45, 7) is 0. The molecule has 0 unspecified atom stereocenters. The molecular weight excluding hydrogens is 629 g/mol. The highest BCUT2D eigenvalue weighted by atomic mass is 15.4. The number of hydrazine groups is 1. The first-order valence-electron chi connectivity index (χ1n) is 18.0. The lowest BCUT2D eigenvalue weighted by atomic mass is 9.67. The lowest BCUT2D eigenvalue weighted by Gasteiger charge is -2.35. The van der Waals surface area contributed by atoms with Gasteiger partial charge in [-0.1, -0.05) is 182 Å². The van der Waals surface area contributed by atoms with Crippen molar-refractivity contribution in [1.82, 2.24) is 0 Å². The molecule has 0 spiro atoms. The number of hydrogen-bond acceptors (Lipinski definition) is 2. The molecule has 2 N–H and O–H groups in total. The van der Waals surface area contributed by atoms with Gasteiger partial charge in [0.25, 0.3) is 0 Å². The van der Waals surface area contributed by atoms with Crippen LogP contribution in [-0.4, -0.2) is 0 Å². The van der Waals surface area contributed by atoms with Crippen LogP contribution in [-0.2, 0) is 10.8 Å². The molecule has 0 bridgehead atoms. The van der Waals surface area contributed by atoms with Crippen molar-refractivity contribution in [1.29, 1.82) is 0 Å². The largest absolute Gasteiger partial charge is 0.280 e. The third kappa shape index (κ3) is 4.16. The van der Waals surface area contributed by atoms with Crippen LogP contribution >= 0.6 is 0 Å². The molecule has 0 aromatic heterocycles. The molecule has 2 aliphatic rings. The van der Waals surface area contributed by atoms with Crippen LogP contribution in [0.15, 0.2) is 206 Å². The molecule has 0 aliphatic heterocycles. The zero-order valence-corrected chi connectivity index (χ0v) is 28.7. The normalized spacial score (nSPS) is 14.2. The minimum Gasteiger partial charge on any atom is -0.280 e. The average molecular weight is 665 g/mol. The zero-order valence-electron chi connectivity index (χ0n) is 28.7. The van der Waals surface area contributed by atoms with Crippen LogP contribution in [0.2, 0.25) is 0 Å². The fourth-order valence-corrected chi connectivity index (χ4v) is 9.31. The third-order valence-electron chi connectivity index (χ3n) is 11.4. The van der Waals surface area contributed by atoms with Crippen molar-refractivity contribution in [2.24, 2.45) is 5.84 Å². The van der Waals surface area contributed by atoms with Crippen molar-refractivity contribution in [2.75, 3.05) is 5.01 Å². The van der Waals surface area contributed by atoms with Gasteiger partial charge in [0.1, 0.15) is 0 Å². The van der Waals surface area contributed by atoms with E-state index in [1.807, 2.05) is 5.01 Å². The molecule has 2 heteroatoms. The van der Waals surface area contributed by atoms with Gasteiger partial charge in [-0.05, 0) is 91.0 Å². The molecule has 0 amide bonds. The summed E-state index contributed by atoms with van der Waals surface area (Å²) in [4.78, 5) is 0. The van der Waals surface area contributed by atoms with Crippen LogP contribution in [0.1, 0.15) is 44.5 Å². The van der Waals surface area contributed by atoms with Gasteiger partial charge in [0.2, 0.25) is 0 Å².